The minimum atomic E-state index is -0.519. The molecule has 1 aromatic carbocycles. The number of benzene rings is 1. The van der Waals surface area contributed by atoms with Crippen molar-refractivity contribution in [3.05, 3.63) is 66.6 Å². The molecule has 4 rings (SSSR count). The summed E-state index contributed by atoms with van der Waals surface area (Å²) in [5.41, 5.74) is 9.19. The van der Waals surface area contributed by atoms with Crippen molar-refractivity contribution in [2.75, 3.05) is 0 Å². The minimum Gasteiger partial charge on any atom is -0.436 e. The molecular formula is C18H12N4O2. The van der Waals surface area contributed by atoms with Crippen molar-refractivity contribution in [3.8, 4) is 22.7 Å². The Morgan fingerprint density at radius 3 is 2.71 bits per heavy atom. The van der Waals surface area contributed by atoms with Crippen LogP contribution in [0.15, 0.2) is 65.5 Å². The van der Waals surface area contributed by atoms with Crippen LogP contribution in [-0.2, 0) is 0 Å². The molecule has 0 aliphatic heterocycles. The number of amides is 1. The van der Waals surface area contributed by atoms with E-state index in [0.29, 0.717) is 28.2 Å². The van der Waals surface area contributed by atoms with E-state index in [1.54, 1.807) is 36.8 Å². The van der Waals surface area contributed by atoms with Gasteiger partial charge in [-0.1, -0.05) is 0 Å². The molecule has 0 spiro atoms. The Kier molecular flexibility index (Phi) is 3.28. The number of oxazole rings is 1. The van der Waals surface area contributed by atoms with E-state index in [2.05, 4.69) is 15.0 Å². The highest BCUT2D eigenvalue weighted by molar-refractivity contribution is 5.99. The number of hydrogen-bond acceptors (Lipinski definition) is 5. The predicted molar refractivity (Wildman–Crippen MR) is 89.0 cm³/mol. The van der Waals surface area contributed by atoms with E-state index in [9.17, 15) is 4.79 Å². The zero-order valence-electron chi connectivity index (χ0n) is 12.5. The van der Waals surface area contributed by atoms with Gasteiger partial charge in [0.05, 0.1) is 16.8 Å². The first-order chi connectivity index (χ1) is 11.7. The SMILES string of the molecule is NC(=O)c1cccnc1-c1ccc2oc(-c3cccnc3)nc2c1. The number of carbonyl (C=O) groups excluding carboxylic acids is 1. The molecule has 0 fully saturated rings. The van der Waals surface area contributed by atoms with Crippen LogP contribution in [0.4, 0.5) is 0 Å². The molecule has 2 N–H and O–H groups in total. The van der Waals surface area contributed by atoms with E-state index in [0.717, 1.165) is 11.1 Å². The molecule has 0 bridgehead atoms. The number of nitrogens with two attached hydrogens (primary N) is 1. The minimum absolute atomic E-state index is 0.368. The Labute approximate surface area is 137 Å². The highest BCUT2D eigenvalue weighted by atomic mass is 16.3. The van der Waals surface area contributed by atoms with Crippen LogP contribution in [0.3, 0.4) is 0 Å². The molecule has 4 aromatic rings. The standard InChI is InChI=1S/C18H12N4O2/c19-17(23)13-4-2-8-21-16(13)11-5-6-15-14(9-11)22-18(24-15)12-3-1-7-20-10-12/h1-10H,(H2,19,23). The number of carbonyl (C=O) groups is 1. The van der Waals surface area contributed by atoms with Gasteiger partial charge in [-0.2, -0.15) is 0 Å². The van der Waals surface area contributed by atoms with Crippen LogP contribution in [0.5, 0.6) is 0 Å². The highest BCUT2D eigenvalue weighted by Crippen LogP contribution is 2.28. The Morgan fingerprint density at radius 2 is 1.92 bits per heavy atom. The average Bonchev–Trinajstić information content (AvgIpc) is 3.05. The lowest BCUT2D eigenvalue weighted by molar-refractivity contribution is 0.100. The van der Waals surface area contributed by atoms with Crippen molar-refractivity contribution >= 4 is 17.0 Å². The lowest BCUT2D eigenvalue weighted by Crippen LogP contribution is -2.12. The summed E-state index contributed by atoms with van der Waals surface area (Å²) in [5.74, 6) is -0.0270. The van der Waals surface area contributed by atoms with Gasteiger partial charge >= 0.3 is 0 Å². The molecular weight excluding hydrogens is 304 g/mol. The van der Waals surface area contributed by atoms with Crippen LogP contribution in [0.2, 0.25) is 0 Å². The van der Waals surface area contributed by atoms with Crippen LogP contribution in [0, 0.1) is 0 Å². The molecule has 0 saturated heterocycles. The second-order valence-electron chi connectivity index (χ2n) is 5.21. The second kappa shape index (κ2) is 5.58. The summed E-state index contributed by atoms with van der Waals surface area (Å²) in [4.78, 5) is 24.4. The maximum absolute atomic E-state index is 11.6. The molecule has 3 aromatic heterocycles. The number of aromatic nitrogens is 3. The Morgan fingerprint density at radius 1 is 1.04 bits per heavy atom. The molecule has 116 valence electrons. The van der Waals surface area contributed by atoms with Gasteiger partial charge in [-0.25, -0.2) is 4.98 Å². The van der Waals surface area contributed by atoms with Gasteiger partial charge in [0, 0.05) is 24.2 Å². The number of hydrogen-bond donors (Lipinski definition) is 1. The third-order valence-corrected chi connectivity index (χ3v) is 3.64. The summed E-state index contributed by atoms with van der Waals surface area (Å²) in [6.07, 6.45) is 5.00. The summed E-state index contributed by atoms with van der Waals surface area (Å²) >= 11 is 0. The Hall–Kier alpha value is -3.54. The largest absolute Gasteiger partial charge is 0.436 e. The summed E-state index contributed by atoms with van der Waals surface area (Å²) in [7, 11) is 0. The monoisotopic (exact) mass is 316 g/mol. The van der Waals surface area contributed by atoms with E-state index in [-0.39, 0.29) is 0 Å². The van der Waals surface area contributed by atoms with Gasteiger partial charge in [-0.3, -0.25) is 14.8 Å². The number of nitrogens with zero attached hydrogens (tertiary/aromatic N) is 3. The summed E-state index contributed by atoms with van der Waals surface area (Å²) in [6.45, 7) is 0. The average molecular weight is 316 g/mol. The van der Waals surface area contributed by atoms with Gasteiger partial charge in [-0.05, 0) is 42.5 Å². The molecule has 0 aliphatic carbocycles. The van der Waals surface area contributed by atoms with Crippen molar-refractivity contribution in [1.29, 1.82) is 0 Å². The molecule has 6 heteroatoms. The number of primary amides is 1. The van der Waals surface area contributed by atoms with E-state index in [1.807, 2.05) is 24.3 Å². The number of rotatable bonds is 3. The quantitative estimate of drug-likeness (QED) is 0.627. The third kappa shape index (κ3) is 2.40. The van der Waals surface area contributed by atoms with E-state index in [1.165, 1.54) is 0 Å². The van der Waals surface area contributed by atoms with E-state index >= 15 is 0 Å². The topological polar surface area (TPSA) is 94.9 Å². The maximum atomic E-state index is 11.6. The fraction of sp³-hybridized carbons (Fsp3) is 0. The van der Waals surface area contributed by atoms with Crippen molar-refractivity contribution in [1.82, 2.24) is 15.0 Å². The summed E-state index contributed by atoms with van der Waals surface area (Å²) in [5, 5.41) is 0. The predicted octanol–water partition coefficient (Wildman–Crippen LogP) is 3.05. The van der Waals surface area contributed by atoms with Gasteiger partial charge in [0.1, 0.15) is 5.52 Å². The van der Waals surface area contributed by atoms with Crippen LogP contribution in [0.1, 0.15) is 10.4 Å². The molecule has 24 heavy (non-hydrogen) atoms. The maximum Gasteiger partial charge on any atom is 0.250 e. The van der Waals surface area contributed by atoms with Crippen LogP contribution in [0.25, 0.3) is 33.8 Å². The van der Waals surface area contributed by atoms with Gasteiger partial charge in [0.25, 0.3) is 5.91 Å². The third-order valence-electron chi connectivity index (χ3n) is 3.64. The molecule has 0 radical (unpaired) electrons. The van der Waals surface area contributed by atoms with Gasteiger partial charge in [0.15, 0.2) is 5.58 Å². The Bertz CT molecular complexity index is 1040. The second-order valence-corrected chi connectivity index (χ2v) is 5.21. The van der Waals surface area contributed by atoms with Gasteiger partial charge in [-0.15, -0.1) is 0 Å². The van der Waals surface area contributed by atoms with Crippen molar-refractivity contribution < 1.29 is 9.21 Å². The number of fused-ring (bicyclic) bond motifs is 1. The van der Waals surface area contributed by atoms with Crippen molar-refractivity contribution in [2.24, 2.45) is 5.73 Å². The fourth-order valence-corrected chi connectivity index (χ4v) is 2.52. The van der Waals surface area contributed by atoms with Crippen LogP contribution >= 0.6 is 0 Å². The molecule has 6 nitrogen and oxygen atoms in total. The molecule has 3 heterocycles. The molecule has 1 amide bonds. The molecule has 0 aliphatic rings. The van der Waals surface area contributed by atoms with E-state index < -0.39 is 5.91 Å². The Balaban J connectivity index is 1.84. The summed E-state index contributed by atoms with van der Waals surface area (Å²) in [6, 6.07) is 12.5. The first-order valence-corrected chi connectivity index (χ1v) is 7.28. The lowest BCUT2D eigenvalue weighted by Gasteiger charge is -2.04. The first kappa shape index (κ1) is 14.1. The van der Waals surface area contributed by atoms with Crippen LogP contribution in [-0.4, -0.2) is 20.9 Å². The molecule has 0 saturated carbocycles. The molecule has 0 atom stereocenters. The highest BCUT2D eigenvalue weighted by Gasteiger charge is 2.14. The molecule has 0 unspecified atom stereocenters. The van der Waals surface area contributed by atoms with Crippen molar-refractivity contribution in [3.63, 3.8) is 0 Å². The zero-order chi connectivity index (χ0) is 16.5. The zero-order valence-corrected chi connectivity index (χ0v) is 12.5. The first-order valence-electron chi connectivity index (χ1n) is 7.28. The van der Waals surface area contributed by atoms with Crippen molar-refractivity contribution in [2.45, 2.75) is 0 Å². The summed E-state index contributed by atoms with van der Waals surface area (Å²) < 4.78 is 5.76. The number of pyridine rings is 2. The van der Waals surface area contributed by atoms with Gasteiger partial charge < -0.3 is 10.2 Å². The van der Waals surface area contributed by atoms with Crippen LogP contribution < -0.4 is 5.73 Å². The van der Waals surface area contributed by atoms with E-state index in [4.69, 9.17) is 10.2 Å². The lowest BCUT2D eigenvalue weighted by atomic mass is 10.1. The fourth-order valence-electron chi connectivity index (χ4n) is 2.52. The normalized spacial score (nSPS) is 10.8. The smallest absolute Gasteiger partial charge is 0.250 e. The van der Waals surface area contributed by atoms with Gasteiger partial charge in [0.2, 0.25) is 5.89 Å².